The van der Waals surface area contributed by atoms with Crippen LogP contribution >= 0.6 is 38.5 Å². The van der Waals surface area contributed by atoms with Crippen LogP contribution in [-0.2, 0) is 0 Å². The van der Waals surface area contributed by atoms with Crippen molar-refractivity contribution >= 4 is 38.5 Å². The molecule has 0 aliphatic rings. The van der Waals surface area contributed by atoms with Gasteiger partial charge in [0.2, 0.25) is 0 Å². The fraction of sp³-hybridized carbons (Fsp3) is 0.0769. The van der Waals surface area contributed by atoms with Crippen LogP contribution in [0.3, 0.4) is 0 Å². The first-order valence-electron chi connectivity index (χ1n) is 5.28. The van der Waals surface area contributed by atoms with Crippen LogP contribution in [-0.4, -0.2) is 0 Å². The lowest BCUT2D eigenvalue weighted by atomic mass is 9.99. The van der Waals surface area contributed by atoms with Gasteiger partial charge in [0.1, 0.15) is 5.82 Å². The van der Waals surface area contributed by atoms with Crippen LogP contribution in [0.5, 0.6) is 0 Å². The molecule has 0 aromatic heterocycles. The summed E-state index contributed by atoms with van der Waals surface area (Å²) in [5.41, 5.74) is 4.55. The van der Waals surface area contributed by atoms with Crippen LogP contribution < -0.4 is 11.3 Å². The number of hydrazine groups is 1. The Bertz CT molecular complexity index is 562. The quantitative estimate of drug-likeness (QED) is 0.451. The molecule has 0 bridgehead atoms. The monoisotopic (exact) mass is 420 g/mol. The van der Waals surface area contributed by atoms with Crippen LogP contribution in [0, 0.1) is 9.39 Å². The van der Waals surface area contributed by atoms with E-state index in [1.54, 1.807) is 6.07 Å². The van der Waals surface area contributed by atoms with Gasteiger partial charge in [-0.3, -0.25) is 5.84 Å². The van der Waals surface area contributed by atoms with Gasteiger partial charge in [0.15, 0.2) is 0 Å². The predicted molar refractivity (Wildman–Crippen MR) is 82.4 cm³/mol. The van der Waals surface area contributed by atoms with Crippen molar-refractivity contribution in [3.63, 3.8) is 0 Å². The standard InChI is InChI=1S/C13H11BrFIN2/c14-9-4-5-12(16)11(7-9)13(18-17)8-2-1-3-10(15)6-8/h1-7,13,18H,17H2. The first kappa shape index (κ1) is 13.9. The molecule has 0 aliphatic carbocycles. The Morgan fingerprint density at radius 2 is 2.00 bits per heavy atom. The van der Waals surface area contributed by atoms with E-state index < -0.39 is 0 Å². The van der Waals surface area contributed by atoms with E-state index in [0.29, 0.717) is 0 Å². The number of benzene rings is 2. The molecule has 2 nitrogen and oxygen atoms in total. The number of rotatable bonds is 3. The van der Waals surface area contributed by atoms with Crippen LogP contribution in [0.15, 0.2) is 46.9 Å². The lowest BCUT2D eigenvalue weighted by molar-refractivity contribution is 0.604. The number of nitrogens with two attached hydrogens (primary N) is 1. The first-order valence-corrected chi connectivity index (χ1v) is 7.15. The maximum Gasteiger partial charge on any atom is 0.123 e. The largest absolute Gasteiger partial charge is 0.271 e. The fourth-order valence-corrected chi connectivity index (χ4v) is 2.81. The van der Waals surface area contributed by atoms with Gasteiger partial charge < -0.3 is 0 Å². The predicted octanol–water partition coefficient (Wildman–Crippen LogP) is 3.75. The highest BCUT2D eigenvalue weighted by Crippen LogP contribution is 2.28. The highest BCUT2D eigenvalue weighted by Gasteiger charge is 2.16. The van der Waals surface area contributed by atoms with Crippen LogP contribution in [0.1, 0.15) is 17.2 Å². The topological polar surface area (TPSA) is 38.0 Å². The summed E-state index contributed by atoms with van der Waals surface area (Å²) in [4.78, 5) is 0. The highest BCUT2D eigenvalue weighted by atomic mass is 127. The molecule has 0 radical (unpaired) electrons. The summed E-state index contributed by atoms with van der Waals surface area (Å²) in [5.74, 6) is 5.35. The zero-order valence-electron chi connectivity index (χ0n) is 9.33. The van der Waals surface area contributed by atoms with Crippen LogP contribution in [0.25, 0.3) is 0 Å². The Morgan fingerprint density at radius 3 is 2.67 bits per heavy atom. The van der Waals surface area contributed by atoms with Gasteiger partial charge in [-0.2, -0.15) is 0 Å². The second kappa shape index (κ2) is 6.10. The average molecular weight is 421 g/mol. The molecule has 0 heterocycles. The van der Waals surface area contributed by atoms with E-state index in [4.69, 9.17) is 5.84 Å². The minimum atomic E-state index is -0.266. The van der Waals surface area contributed by atoms with Gasteiger partial charge in [0, 0.05) is 8.04 Å². The van der Waals surface area contributed by atoms with Crippen molar-refractivity contribution in [3.8, 4) is 0 Å². The minimum absolute atomic E-state index is 0.231. The van der Waals surface area contributed by atoms with Gasteiger partial charge in [-0.05, 0) is 64.0 Å². The molecule has 3 N–H and O–H groups in total. The molecule has 0 aliphatic heterocycles. The molecule has 2 aromatic carbocycles. The van der Waals surface area contributed by atoms with Gasteiger partial charge in [0.25, 0.3) is 0 Å². The van der Waals surface area contributed by atoms with Gasteiger partial charge in [-0.1, -0.05) is 28.1 Å². The van der Waals surface area contributed by atoms with Crippen LogP contribution in [0.2, 0.25) is 0 Å². The minimum Gasteiger partial charge on any atom is -0.271 e. The molecule has 1 unspecified atom stereocenters. The molecular weight excluding hydrogens is 410 g/mol. The summed E-state index contributed by atoms with van der Waals surface area (Å²) in [6, 6.07) is 12.1. The summed E-state index contributed by atoms with van der Waals surface area (Å²) in [5, 5.41) is 0. The maximum atomic E-state index is 13.3. The van der Waals surface area contributed by atoms with Gasteiger partial charge in [-0.15, -0.1) is 0 Å². The summed E-state index contributed by atoms with van der Waals surface area (Å²) in [6.07, 6.45) is 0. The van der Waals surface area contributed by atoms with E-state index in [1.807, 2.05) is 24.3 Å². The molecule has 94 valence electrons. The lowest BCUT2D eigenvalue weighted by Gasteiger charge is -2.18. The molecule has 1 atom stereocenters. The molecule has 0 fully saturated rings. The summed E-state index contributed by atoms with van der Waals surface area (Å²) in [6.45, 7) is 0. The molecule has 2 aromatic rings. The van der Waals surface area contributed by atoms with Gasteiger partial charge >= 0.3 is 0 Å². The molecule has 0 saturated heterocycles. The number of hydrogen-bond donors (Lipinski definition) is 2. The molecule has 5 heteroatoms. The average Bonchev–Trinajstić information content (AvgIpc) is 2.35. The Kier molecular flexibility index (Phi) is 4.71. The second-order valence-electron chi connectivity index (χ2n) is 3.82. The summed E-state index contributed by atoms with van der Waals surface area (Å²) >= 11 is 5.68. The van der Waals surface area contributed by atoms with Crippen molar-refractivity contribution in [2.45, 2.75) is 6.04 Å². The molecule has 0 amide bonds. The summed E-state index contributed by atoms with van der Waals surface area (Å²) < 4.78 is 15.3. The smallest absolute Gasteiger partial charge is 0.123 e. The second-order valence-corrected chi connectivity index (χ2v) is 5.90. The normalized spacial score (nSPS) is 12.4. The maximum absolute atomic E-state index is 13.3. The third-order valence-electron chi connectivity index (χ3n) is 2.62. The van der Waals surface area contributed by atoms with E-state index in [-0.39, 0.29) is 11.9 Å². The zero-order chi connectivity index (χ0) is 13.1. The molecule has 0 saturated carbocycles. The van der Waals surface area contributed by atoms with Crippen LogP contribution in [0.4, 0.5) is 4.39 Å². The van der Waals surface area contributed by atoms with Crippen molar-refractivity contribution in [1.29, 1.82) is 0 Å². The van der Waals surface area contributed by atoms with Crippen molar-refractivity contribution < 1.29 is 4.39 Å². The lowest BCUT2D eigenvalue weighted by Crippen LogP contribution is -2.29. The highest BCUT2D eigenvalue weighted by molar-refractivity contribution is 14.1. The summed E-state index contributed by atoms with van der Waals surface area (Å²) in [7, 11) is 0. The van der Waals surface area contributed by atoms with E-state index in [9.17, 15) is 4.39 Å². The molecule has 0 spiro atoms. The third-order valence-corrected chi connectivity index (χ3v) is 4.09. The number of halogens is 3. The molecule has 2 rings (SSSR count). The fourth-order valence-electron chi connectivity index (χ4n) is 1.79. The van der Waals surface area contributed by atoms with Crippen molar-refractivity contribution in [3.05, 3.63) is 67.5 Å². The first-order chi connectivity index (χ1) is 8.61. The van der Waals surface area contributed by atoms with E-state index >= 15 is 0 Å². The van der Waals surface area contributed by atoms with E-state index in [0.717, 1.165) is 19.2 Å². The molecular formula is C13H11BrFIN2. The SMILES string of the molecule is NNC(c1cccc(F)c1)c1cc(Br)ccc1I. The van der Waals surface area contributed by atoms with Crippen molar-refractivity contribution in [2.24, 2.45) is 5.84 Å². The van der Waals surface area contributed by atoms with E-state index in [1.165, 1.54) is 12.1 Å². The molecule has 18 heavy (non-hydrogen) atoms. The Hall–Kier alpha value is -0.500. The van der Waals surface area contributed by atoms with Gasteiger partial charge in [-0.25, -0.2) is 9.82 Å². The Morgan fingerprint density at radius 1 is 1.22 bits per heavy atom. The third kappa shape index (κ3) is 3.09. The Labute approximate surface area is 127 Å². The van der Waals surface area contributed by atoms with E-state index in [2.05, 4.69) is 43.9 Å². The number of hydrogen-bond acceptors (Lipinski definition) is 2. The number of nitrogens with one attached hydrogen (secondary N) is 1. The van der Waals surface area contributed by atoms with Gasteiger partial charge in [0.05, 0.1) is 6.04 Å². The Balaban J connectivity index is 2.48. The zero-order valence-corrected chi connectivity index (χ0v) is 13.1. The van der Waals surface area contributed by atoms with Crippen molar-refractivity contribution in [2.75, 3.05) is 0 Å². The van der Waals surface area contributed by atoms with Crippen molar-refractivity contribution in [1.82, 2.24) is 5.43 Å².